The van der Waals surface area contributed by atoms with Gasteiger partial charge in [-0.25, -0.2) is 0 Å². The van der Waals surface area contributed by atoms with Gasteiger partial charge in [-0.2, -0.15) is 5.26 Å². The van der Waals surface area contributed by atoms with Crippen molar-refractivity contribution in [3.8, 4) is 11.8 Å². The van der Waals surface area contributed by atoms with Crippen molar-refractivity contribution in [2.45, 2.75) is 32.6 Å². The fraction of sp³-hybridized carbons (Fsp3) is 0.286. The monoisotopic (exact) mass is 350 g/mol. The summed E-state index contributed by atoms with van der Waals surface area (Å²) in [4.78, 5) is 10.3. The van der Waals surface area contributed by atoms with E-state index in [1.54, 1.807) is 18.2 Å². The highest BCUT2D eigenvalue weighted by Gasteiger charge is 2.08. The van der Waals surface area contributed by atoms with Gasteiger partial charge in [0.05, 0.1) is 23.2 Å². The van der Waals surface area contributed by atoms with Gasteiger partial charge < -0.3 is 4.74 Å². The van der Waals surface area contributed by atoms with Gasteiger partial charge >= 0.3 is 0 Å². The van der Waals surface area contributed by atoms with Crippen molar-refractivity contribution in [2.75, 3.05) is 6.61 Å². The van der Waals surface area contributed by atoms with Gasteiger partial charge in [0.15, 0.2) is 0 Å². The van der Waals surface area contributed by atoms with Crippen LogP contribution in [0.2, 0.25) is 0 Å². The van der Waals surface area contributed by atoms with E-state index in [9.17, 15) is 15.4 Å². The average Bonchev–Trinajstić information content (AvgIpc) is 2.67. The van der Waals surface area contributed by atoms with E-state index in [1.807, 2.05) is 24.3 Å². The lowest BCUT2D eigenvalue weighted by atomic mass is 10.0. The third kappa shape index (κ3) is 5.45. The van der Waals surface area contributed by atoms with Gasteiger partial charge in [-0.05, 0) is 36.3 Å². The number of rotatable bonds is 9. The number of nitro groups is 1. The predicted molar refractivity (Wildman–Crippen MR) is 103 cm³/mol. The van der Waals surface area contributed by atoms with E-state index >= 15 is 0 Å². The second-order valence-electron chi connectivity index (χ2n) is 5.92. The van der Waals surface area contributed by atoms with Gasteiger partial charge in [-0.15, -0.1) is 0 Å². The molecule has 2 aromatic rings. The molecule has 0 spiro atoms. The minimum atomic E-state index is -0.457. The number of nitro benzene ring substituents is 1. The standard InChI is InChI=1S/C21H22N2O3/c1-2-3-4-7-14-26-21-9-6-5-8-18(21)15-19(16-22)17-10-12-20(13-11-17)23(24)25/h5-6,8-13,15H,2-4,7,14H2,1H3. The van der Waals surface area contributed by atoms with Crippen molar-refractivity contribution in [3.05, 3.63) is 69.8 Å². The minimum absolute atomic E-state index is 0.00172. The van der Waals surface area contributed by atoms with Crippen LogP contribution in [0.5, 0.6) is 5.75 Å². The van der Waals surface area contributed by atoms with Crippen LogP contribution in [-0.2, 0) is 0 Å². The van der Waals surface area contributed by atoms with E-state index in [1.165, 1.54) is 25.0 Å². The van der Waals surface area contributed by atoms with Gasteiger partial charge in [0.1, 0.15) is 5.75 Å². The van der Waals surface area contributed by atoms with Crippen molar-refractivity contribution in [3.63, 3.8) is 0 Å². The topological polar surface area (TPSA) is 76.2 Å². The second-order valence-corrected chi connectivity index (χ2v) is 5.92. The molecule has 5 nitrogen and oxygen atoms in total. The highest BCUT2D eigenvalue weighted by atomic mass is 16.6. The fourth-order valence-electron chi connectivity index (χ4n) is 2.54. The van der Waals surface area contributed by atoms with Gasteiger partial charge in [0.25, 0.3) is 5.69 Å². The Bertz CT molecular complexity index is 805. The first-order valence-electron chi connectivity index (χ1n) is 8.74. The minimum Gasteiger partial charge on any atom is -0.493 e. The number of ether oxygens (including phenoxy) is 1. The van der Waals surface area contributed by atoms with E-state index in [0.717, 1.165) is 24.2 Å². The van der Waals surface area contributed by atoms with Crippen molar-refractivity contribution in [1.29, 1.82) is 5.26 Å². The molecule has 0 amide bonds. The maximum absolute atomic E-state index is 10.8. The van der Waals surface area contributed by atoms with E-state index in [-0.39, 0.29) is 5.69 Å². The maximum atomic E-state index is 10.8. The Morgan fingerprint density at radius 3 is 2.54 bits per heavy atom. The van der Waals surface area contributed by atoms with Crippen LogP contribution in [0.3, 0.4) is 0 Å². The smallest absolute Gasteiger partial charge is 0.269 e. The van der Waals surface area contributed by atoms with Crippen LogP contribution in [0.25, 0.3) is 11.6 Å². The molecule has 2 rings (SSSR count). The van der Waals surface area contributed by atoms with Crippen molar-refractivity contribution >= 4 is 17.3 Å². The second kappa shape index (κ2) is 10.00. The molecule has 2 aromatic carbocycles. The Kier molecular flexibility index (Phi) is 7.38. The zero-order valence-electron chi connectivity index (χ0n) is 14.9. The van der Waals surface area contributed by atoms with Crippen molar-refractivity contribution in [2.24, 2.45) is 0 Å². The number of para-hydroxylation sites is 1. The highest BCUT2D eigenvalue weighted by Crippen LogP contribution is 2.26. The normalized spacial score (nSPS) is 11.0. The fourth-order valence-corrected chi connectivity index (χ4v) is 2.54. The van der Waals surface area contributed by atoms with E-state index in [4.69, 9.17) is 4.74 Å². The summed E-state index contributed by atoms with van der Waals surface area (Å²) in [5, 5.41) is 20.3. The van der Waals surface area contributed by atoms with E-state index in [0.29, 0.717) is 17.7 Å². The predicted octanol–water partition coefficient (Wildman–Crippen LogP) is 5.62. The molecule has 0 N–H and O–H groups in total. The van der Waals surface area contributed by atoms with Crippen LogP contribution in [0, 0.1) is 21.4 Å². The summed E-state index contributed by atoms with van der Waals surface area (Å²) < 4.78 is 5.87. The molecule has 0 bridgehead atoms. The zero-order chi connectivity index (χ0) is 18.8. The van der Waals surface area contributed by atoms with E-state index in [2.05, 4.69) is 13.0 Å². The van der Waals surface area contributed by atoms with Crippen LogP contribution < -0.4 is 4.74 Å². The molecule has 0 unspecified atom stereocenters. The number of benzene rings is 2. The quantitative estimate of drug-likeness (QED) is 0.193. The van der Waals surface area contributed by atoms with Crippen molar-refractivity contribution < 1.29 is 9.66 Å². The number of nitrogens with zero attached hydrogens (tertiary/aromatic N) is 2. The number of hydrogen-bond acceptors (Lipinski definition) is 4. The van der Waals surface area contributed by atoms with E-state index < -0.39 is 4.92 Å². The zero-order valence-corrected chi connectivity index (χ0v) is 14.9. The summed E-state index contributed by atoms with van der Waals surface area (Å²) in [6.45, 7) is 2.81. The molecule has 0 aromatic heterocycles. The van der Waals surface area contributed by atoms with Crippen LogP contribution in [0.4, 0.5) is 5.69 Å². The molecule has 0 heterocycles. The van der Waals surface area contributed by atoms with Gasteiger partial charge in [-0.3, -0.25) is 10.1 Å². The Labute approximate surface area is 153 Å². The van der Waals surface area contributed by atoms with Crippen LogP contribution in [-0.4, -0.2) is 11.5 Å². The first-order valence-corrected chi connectivity index (χ1v) is 8.74. The van der Waals surface area contributed by atoms with Crippen molar-refractivity contribution in [1.82, 2.24) is 0 Å². The maximum Gasteiger partial charge on any atom is 0.269 e. The molecule has 0 radical (unpaired) electrons. The number of unbranched alkanes of at least 4 members (excludes halogenated alkanes) is 3. The first-order chi connectivity index (χ1) is 12.7. The molecular formula is C21H22N2O3. The lowest BCUT2D eigenvalue weighted by molar-refractivity contribution is -0.384. The third-order valence-electron chi connectivity index (χ3n) is 3.98. The van der Waals surface area contributed by atoms with Gasteiger partial charge in [-0.1, -0.05) is 44.4 Å². The molecule has 0 aliphatic rings. The number of non-ortho nitro benzene ring substituents is 1. The summed E-state index contributed by atoms with van der Waals surface area (Å²) in [6, 6.07) is 15.7. The molecule has 0 saturated carbocycles. The Morgan fingerprint density at radius 1 is 1.15 bits per heavy atom. The summed E-state index contributed by atoms with van der Waals surface area (Å²) in [7, 11) is 0. The molecule has 5 heteroatoms. The third-order valence-corrected chi connectivity index (χ3v) is 3.98. The SMILES string of the molecule is CCCCCCOc1ccccc1C=C(C#N)c1ccc([N+](=O)[O-])cc1. The number of nitriles is 1. The molecule has 26 heavy (non-hydrogen) atoms. The molecule has 0 fully saturated rings. The lowest BCUT2D eigenvalue weighted by Crippen LogP contribution is -1.98. The lowest BCUT2D eigenvalue weighted by Gasteiger charge is -2.09. The molecule has 0 saturated heterocycles. The van der Waals surface area contributed by atoms with Crippen LogP contribution >= 0.6 is 0 Å². The molecule has 0 aliphatic heterocycles. The first kappa shape index (κ1) is 19.2. The van der Waals surface area contributed by atoms with Crippen LogP contribution in [0.1, 0.15) is 43.7 Å². The molecule has 134 valence electrons. The summed E-state index contributed by atoms with van der Waals surface area (Å²) in [6.07, 6.45) is 6.27. The largest absolute Gasteiger partial charge is 0.493 e. The Balaban J connectivity index is 2.18. The molecular weight excluding hydrogens is 328 g/mol. The number of hydrogen-bond donors (Lipinski definition) is 0. The molecule has 0 aliphatic carbocycles. The van der Waals surface area contributed by atoms with Gasteiger partial charge in [0, 0.05) is 17.7 Å². The highest BCUT2D eigenvalue weighted by molar-refractivity contribution is 5.90. The summed E-state index contributed by atoms with van der Waals surface area (Å²) in [5.41, 5.74) is 1.89. The Hall–Kier alpha value is -3.13. The van der Waals surface area contributed by atoms with Crippen LogP contribution in [0.15, 0.2) is 48.5 Å². The molecule has 0 atom stereocenters. The Morgan fingerprint density at radius 2 is 1.88 bits per heavy atom. The summed E-state index contributed by atoms with van der Waals surface area (Å²) in [5.74, 6) is 0.735. The van der Waals surface area contributed by atoms with Gasteiger partial charge in [0.2, 0.25) is 0 Å². The summed E-state index contributed by atoms with van der Waals surface area (Å²) >= 11 is 0. The number of allylic oxidation sites excluding steroid dienone is 1. The average molecular weight is 350 g/mol.